The Balaban J connectivity index is 1.21. The van der Waals surface area contributed by atoms with Crippen LogP contribution >= 0.6 is 0 Å². The summed E-state index contributed by atoms with van der Waals surface area (Å²) in [5.74, 6) is 2.04. The van der Waals surface area contributed by atoms with Gasteiger partial charge in [0.15, 0.2) is 11.5 Å². The second kappa shape index (κ2) is 13.2. The molecule has 4 aromatic rings. The summed E-state index contributed by atoms with van der Waals surface area (Å²) in [6, 6.07) is 22.8. The summed E-state index contributed by atoms with van der Waals surface area (Å²) < 4.78 is 23.3. The molecular formula is C32H35N3O5. The van der Waals surface area contributed by atoms with E-state index in [-0.39, 0.29) is 18.7 Å². The number of pyridine rings is 1. The molecular weight excluding hydrogens is 506 g/mol. The molecule has 8 nitrogen and oxygen atoms in total. The highest BCUT2D eigenvalue weighted by Gasteiger charge is 2.23. The predicted octanol–water partition coefficient (Wildman–Crippen LogP) is 6.23. The number of rotatable bonds is 12. The van der Waals surface area contributed by atoms with Crippen LogP contribution in [0, 0.1) is 0 Å². The zero-order chi connectivity index (χ0) is 27.7. The minimum Gasteiger partial charge on any atom is -0.493 e. The second-order valence-electron chi connectivity index (χ2n) is 9.88. The molecule has 40 heavy (non-hydrogen) atoms. The lowest BCUT2D eigenvalue weighted by molar-refractivity contribution is -0.150. The Morgan fingerprint density at radius 2 is 1.77 bits per heavy atom. The highest BCUT2D eigenvalue weighted by Crippen LogP contribution is 2.37. The maximum atomic E-state index is 12.3. The first-order valence-electron chi connectivity index (χ1n) is 13.7. The molecule has 208 valence electrons. The van der Waals surface area contributed by atoms with E-state index in [9.17, 15) is 4.79 Å². The van der Waals surface area contributed by atoms with Crippen molar-refractivity contribution in [1.82, 2.24) is 4.98 Å². The number of fused-ring (bicyclic) bond motifs is 1. The molecule has 1 unspecified atom stereocenters. The average Bonchev–Trinajstić information content (AvgIpc) is 3.50. The fourth-order valence-electron chi connectivity index (χ4n) is 4.73. The van der Waals surface area contributed by atoms with E-state index in [1.54, 1.807) is 19.4 Å². The zero-order valence-electron chi connectivity index (χ0n) is 22.7. The number of ether oxygens (including phenoxy) is 4. The summed E-state index contributed by atoms with van der Waals surface area (Å²) in [6.07, 6.45) is 6.04. The van der Waals surface area contributed by atoms with Crippen molar-refractivity contribution in [2.24, 2.45) is 5.73 Å². The van der Waals surface area contributed by atoms with Crippen molar-refractivity contribution in [3.05, 3.63) is 84.6 Å². The molecule has 0 radical (unpaired) electrons. The van der Waals surface area contributed by atoms with Crippen molar-refractivity contribution in [1.29, 1.82) is 0 Å². The fourth-order valence-corrected chi connectivity index (χ4v) is 4.73. The lowest BCUT2D eigenvalue weighted by Gasteiger charge is -2.17. The number of benzene rings is 3. The summed E-state index contributed by atoms with van der Waals surface area (Å²) >= 11 is 0. The number of hydrogen-bond donors (Lipinski definition) is 2. The van der Waals surface area contributed by atoms with Crippen LogP contribution in [-0.2, 0) is 16.1 Å². The van der Waals surface area contributed by atoms with Gasteiger partial charge < -0.3 is 30.0 Å². The van der Waals surface area contributed by atoms with E-state index in [1.807, 2.05) is 54.6 Å². The van der Waals surface area contributed by atoms with E-state index in [1.165, 1.54) is 5.56 Å². The monoisotopic (exact) mass is 541 g/mol. The van der Waals surface area contributed by atoms with Gasteiger partial charge in [-0.25, -0.2) is 0 Å². The van der Waals surface area contributed by atoms with Crippen LogP contribution in [0.25, 0.3) is 10.9 Å². The van der Waals surface area contributed by atoms with Gasteiger partial charge in [0.05, 0.1) is 19.2 Å². The molecule has 1 heterocycles. The van der Waals surface area contributed by atoms with Crippen LogP contribution in [0.3, 0.4) is 0 Å². The van der Waals surface area contributed by atoms with Crippen LogP contribution < -0.4 is 25.3 Å². The summed E-state index contributed by atoms with van der Waals surface area (Å²) in [7, 11) is 1.58. The van der Waals surface area contributed by atoms with Crippen molar-refractivity contribution in [2.75, 3.05) is 19.0 Å². The number of nitrogens with two attached hydrogens (primary N) is 1. The fraction of sp³-hybridized carbons (Fsp3) is 0.312. The van der Waals surface area contributed by atoms with E-state index in [4.69, 9.17) is 24.7 Å². The smallest absolute Gasteiger partial charge is 0.323 e. The zero-order valence-corrected chi connectivity index (χ0v) is 22.7. The van der Waals surface area contributed by atoms with Crippen LogP contribution in [0.1, 0.15) is 37.7 Å². The van der Waals surface area contributed by atoms with Crippen LogP contribution in [0.2, 0.25) is 0 Å². The molecule has 0 bridgehead atoms. The van der Waals surface area contributed by atoms with Crippen LogP contribution in [0.5, 0.6) is 23.0 Å². The first-order valence-corrected chi connectivity index (χ1v) is 13.7. The van der Waals surface area contributed by atoms with Gasteiger partial charge in [0, 0.05) is 36.3 Å². The Morgan fingerprint density at radius 3 is 2.52 bits per heavy atom. The molecule has 3 N–H and O–H groups in total. The third-order valence-electron chi connectivity index (χ3n) is 6.98. The first-order chi connectivity index (χ1) is 19.6. The Morgan fingerprint density at radius 1 is 1.00 bits per heavy atom. The number of nitrogens with zero attached hydrogens (tertiary/aromatic N) is 1. The van der Waals surface area contributed by atoms with Gasteiger partial charge in [-0.1, -0.05) is 30.3 Å². The van der Waals surface area contributed by atoms with Crippen molar-refractivity contribution >= 4 is 22.6 Å². The molecule has 0 amide bonds. The van der Waals surface area contributed by atoms with Crippen molar-refractivity contribution in [2.45, 2.75) is 50.8 Å². The van der Waals surface area contributed by atoms with Crippen molar-refractivity contribution in [3.8, 4) is 23.0 Å². The molecule has 0 spiro atoms. The summed E-state index contributed by atoms with van der Waals surface area (Å²) in [5.41, 5.74) is 8.96. The lowest BCUT2D eigenvalue weighted by atomic mass is 10.1. The van der Waals surface area contributed by atoms with Crippen molar-refractivity contribution < 1.29 is 23.7 Å². The van der Waals surface area contributed by atoms with E-state index in [0.717, 1.165) is 43.3 Å². The molecule has 0 saturated heterocycles. The third kappa shape index (κ3) is 7.01. The van der Waals surface area contributed by atoms with Gasteiger partial charge in [-0.15, -0.1) is 0 Å². The third-order valence-corrected chi connectivity index (χ3v) is 6.98. The summed E-state index contributed by atoms with van der Waals surface area (Å²) in [6.45, 7) is 0.986. The number of carbonyl (C=O) groups is 1. The highest BCUT2D eigenvalue weighted by atomic mass is 16.5. The topological polar surface area (TPSA) is 105 Å². The molecule has 5 rings (SSSR count). The quantitative estimate of drug-likeness (QED) is 0.203. The molecule has 1 aromatic heterocycles. The Kier molecular flexibility index (Phi) is 8.98. The van der Waals surface area contributed by atoms with Gasteiger partial charge in [-0.05, 0) is 67.6 Å². The lowest BCUT2D eigenvalue weighted by Crippen LogP contribution is -2.35. The number of anilines is 1. The minimum atomic E-state index is -0.731. The van der Waals surface area contributed by atoms with Gasteiger partial charge in [0.25, 0.3) is 0 Å². The number of carbonyl (C=O) groups excluding carboxylic acids is 1. The number of aromatic nitrogens is 1. The SMILES string of the molecule is COc1cc2c(Oc3ccc(NCc4ccccc4)cc3)ccnc2cc1OCCC(N)C(=O)OC1CCCC1. The normalized spacial score (nSPS) is 14.1. The predicted molar refractivity (Wildman–Crippen MR) is 155 cm³/mol. The van der Waals surface area contributed by atoms with Gasteiger partial charge in [0.1, 0.15) is 23.6 Å². The number of methoxy groups -OCH3 is 1. The highest BCUT2D eigenvalue weighted by molar-refractivity contribution is 5.88. The van der Waals surface area contributed by atoms with Gasteiger partial charge in [0.2, 0.25) is 0 Å². The second-order valence-corrected chi connectivity index (χ2v) is 9.88. The number of nitrogens with one attached hydrogen (secondary N) is 1. The van der Waals surface area contributed by atoms with E-state index in [0.29, 0.717) is 34.9 Å². The van der Waals surface area contributed by atoms with E-state index in [2.05, 4.69) is 22.4 Å². The Bertz CT molecular complexity index is 1410. The maximum Gasteiger partial charge on any atom is 0.323 e. The molecule has 8 heteroatoms. The molecule has 1 aliphatic rings. The molecule has 3 aromatic carbocycles. The van der Waals surface area contributed by atoms with Crippen LogP contribution in [0.4, 0.5) is 5.69 Å². The minimum absolute atomic E-state index is 0.00298. The Labute approximate surface area is 234 Å². The van der Waals surface area contributed by atoms with Gasteiger partial charge in [-0.2, -0.15) is 0 Å². The molecule has 1 atom stereocenters. The van der Waals surface area contributed by atoms with Crippen LogP contribution in [0.15, 0.2) is 79.0 Å². The van der Waals surface area contributed by atoms with E-state index >= 15 is 0 Å². The van der Waals surface area contributed by atoms with Crippen LogP contribution in [-0.4, -0.2) is 36.8 Å². The number of hydrogen-bond acceptors (Lipinski definition) is 8. The van der Waals surface area contributed by atoms with Crippen molar-refractivity contribution in [3.63, 3.8) is 0 Å². The molecule has 1 saturated carbocycles. The largest absolute Gasteiger partial charge is 0.493 e. The Hall–Kier alpha value is -4.30. The average molecular weight is 542 g/mol. The standard InChI is InChI=1S/C32H35N3O5/c1-37-30-19-26-28(20-31(30)38-18-16-27(33)32(36)40-24-9-5-6-10-24)34-17-15-29(26)39-25-13-11-23(12-14-25)35-21-22-7-3-2-4-8-22/h2-4,7-8,11-15,17,19-20,24,27,35H,5-6,9-10,16,18,21,33H2,1H3. The van der Waals surface area contributed by atoms with E-state index < -0.39 is 6.04 Å². The molecule has 1 aliphatic carbocycles. The number of esters is 1. The first kappa shape index (κ1) is 27.3. The summed E-state index contributed by atoms with van der Waals surface area (Å²) in [5, 5.41) is 4.21. The van der Waals surface area contributed by atoms with Gasteiger partial charge in [-0.3, -0.25) is 9.78 Å². The maximum absolute atomic E-state index is 12.3. The van der Waals surface area contributed by atoms with Gasteiger partial charge >= 0.3 is 5.97 Å². The summed E-state index contributed by atoms with van der Waals surface area (Å²) in [4.78, 5) is 16.8. The molecule has 0 aliphatic heterocycles. The molecule has 1 fully saturated rings.